The number of nitrogens with zero attached hydrogens (tertiary/aromatic N) is 1. The summed E-state index contributed by atoms with van der Waals surface area (Å²) in [5, 5.41) is 2.87. The highest BCUT2D eigenvalue weighted by molar-refractivity contribution is 7.57. The standard InChI is InChI=1S/C9H18NO4P/c1-5-13-15(12,14-6-2)8-7-9(3,4)10-11/h7-8H,5-6H2,1-4H3. The summed E-state index contributed by atoms with van der Waals surface area (Å²) in [5.74, 6) is 1.29. The van der Waals surface area contributed by atoms with Crippen LogP contribution in [0, 0.1) is 4.91 Å². The van der Waals surface area contributed by atoms with Gasteiger partial charge in [0.15, 0.2) is 0 Å². The third-order valence-corrected chi connectivity index (χ3v) is 3.27. The van der Waals surface area contributed by atoms with E-state index in [1.165, 1.54) is 11.9 Å². The molecule has 0 rings (SSSR count). The van der Waals surface area contributed by atoms with E-state index in [1.54, 1.807) is 27.7 Å². The lowest BCUT2D eigenvalue weighted by Crippen LogP contribution is -2.10. The minimum absolute atomic E-state index is 0.288. The van der Waals surface area contributed by atoms with E-state index in [9.17, 15) is 9.47 Å². The van der Waals surface area contributed by atoms with Crippen LogP contribution in [-0.4, -0.2) is 18.8 Å². The Morgan fingerprint density at radius 2 is 1.73 bits per heavy atom. The van der Waals surface area contributed by atoms with E-state index in [4.69, 9.17) is 9.05 Å². The molecular weight excluding hydrogens is 217 g/mol. The lowest BCUT2D eigenvalue weighted by atomic mass is 10.1. The Bertz CT molecular complexity index is 265. The maximum absolute atomic E-state index is 11.9. The molecular formula is C9H18NO4P. The summed E-state index contributed by atoms with van der Waals surface area (Å²) in [4.78, 5) is 10.4. The Morgan fingerprint density at radius 3 is 2.07 bits per heavy atom. The highest BCUT2D eigenvalue weighted by atomic mass is 31.2. The summed E-state index contributed by atoms with van der Waals surface area (Å²) in [6.07, 6.45) is 1.44. The Balaban J connectivity index is 4.67. The average Bonchev–Trinajstić information content (AvgIpc) is 2.16. The molecule has 5 nitrogen and oxygen atoms in total. The fourth-order valence-corrected chi connectivity index (χ4v) is 2.30. The Kier molecular flexibility index (Phi) is 5.95. The van der Waals surface area contributed by atoms with E-state index in [2.05, 4.69) is 5.18 Å². The zero-order chi connectivity index (χ0) is 11.9. The molecule has 0 bridgehead atoms. The fourth-order valence-electron chi connectivity index (χ4n) is 0.787. The first-order valence-electron chi connectivity index (χ1n) is 4.83. The molecule has 0 fully saturated rings. The van der Waals surface area contributed by atoms with Crippen LogP contribution >= 0.6 is 7.60 Å². The summed E-state index contributed by atoms with van der Waals surface area (Å²) in [6.45, 7) is 7.25. The van der Waals surface area contributed by atoms with Gasteiger partial charge in [-0.2, -0.15) is 0 Å². The fraction of sp³-hybridized carbons (Fsp3) is 0.778. The molecule has 88 valence electrons. The molecule has 0 N–H and O–H groups in total. The highest BCUT2D eigenvalue weighted by Gasteiger charge is 2.22. The van der Waals surface area contributed by atoms with Crippen molar-refractivity contribution in [1.82, 2.24) is 0 Å². The van der Waals surface area contributed by atoms with Gasteiger partial charge >= 0.3 is 7.60 Å². The normalized spacial score (nSPS) is 13.3. The van der Waals surface area contributed by atoms with Crippen LogP contribution in [0.1, 0.15) is 27.7 Å². The first kappa shape index (κ1) is 14.5. The van der Waals surface area contributed by atoms with Crippen LogP contribution in [0.3, 0.4) is 0 Å². The van der Waals surface area contributed by atoms with Gasteiger partial charge in [0.1, 0.15) is 5.54 Å². The third kappa shape index (κ3) is 5.82. The van der Waals surface area contributed by atoms with Gasteiger partial charge in [-0.3, -0.25) is 4.57 Å². The molecule has 0 unspecified atom stereocenters. The Labute approximate surface area is 90.4 Å². The van der Waals surface area contributed by atoms with Gasteiger partial charge in [-0.1, -0.05) is 5.18 Å². The molecule has 0 aliphatic heterocycles. The molecule has 0 atom stereocenters. The number of nitroso groups, excluding NO2 is 1. The molecule has 0 saturated heterocycles. The average molecular weight is 235 g/mol. The van der Waals surface area contributed by atoms with Crippen molar-refractivity contribution in [1.29, 1.82) is 0 Å². The van der Waals surface area contributed by atoms with Gasteiger partial charge in [0, 0.05) is 5.82 Å². The van der Waals surface area contributed by atoms with Gasteiger partial charge < -0.3 is 9.05 Å². The molecule has 0 aromatic heterocycles. The van der Waals surface area contributed by atoms with Crippen LogP contribution in [0.15, 0.2) is 17.1 Å². The van der Waals surface area contributed by atoms with Crippen molar-refractivity contribution < 1.29 is 13.6 Å². The maximum Gasteiger partial charge on any atom is 0.353 e. The van der Waals surface area contributed by atoms with Crippen molar-refractivity contribution in [2.24, 2.45) is 5.18 Å². The third-order valence-electron chi connectivity index (χ3n) is 1.52. The van der Waals surface area contributed by atoms with Gasteiger partial charge in [-0.05, 0) is 33.8 Å². The molecule has 0 aliphatic carbocycles. The van der Waals surface area contributed by atoms with Gasteiger partial charge in [0.05, 0.1) is 13.2 Å². The minimum atomic E-state index is -3.21. The quantitative estimate of drug-likeness (QED) is 0.501. The zero-order valence-corrected chi connectivity index (χ0v) is 10.5. The first-order chi connectivity index (χ1) is 6.89. The molecule has 0 spiro atoms. The van der Waals surface area contributed by atoms with Crippen molar-refractivity contribution in [3.63, 3.8) is 0 Å². The summed E-state index contributed by atoms with van der Waals surface area (Å²) >= 11 is 0. The topological polar surface area (TPSA) is 65.0 Å². The molecule has 6 heteroatoms. The zero-order valence-electron chi connectivity index (χ0n) is 9.60. The van der Waals surface area contributed by atoms with E-state index >= 15 is 0 Å². The van der Waals surface area contributed by atoms with Crippen molar-refractivity contribution >= 4 is 7.60 Å². The SMILES string of the molecule is CCOP(=O)(C=CC(C)(C)N=O)OCC. The monoisotopic (exact) mass is 235 g/mol. The van der Waals surface area contributed by atoms with Crippen LogP contribution in [0.5, 0.6) is 0 Å². The van der Waals surface area contributed by atoms with E-state index in [1.807, 2.05) is 0 Å². The van der Waals surface area contributed by atoms with Gasteiger partial charge in [0.25, 0.3) is 0 Å². The lowest BCUT2D eigenvalue weighted by molar-refractivity contribution is 0.228. The Morgan fingerprint density at radius 1 is 1.27 bits per heavy atom. The smallest absolute Gasteiger partial charge is 0.306 e. The highest BCUT2D eigenvalue weighted by Crippen LogP contribution is 2.50. The number of hydrogen-bond acceptors (Lipinski definition) is 5. The molecule has 0 amide bonds. The van der Waals surface area contributed by atoms with E-state index in [-0.39, 0.29) is 13.2 Å². The summed E-state index contributed by atoms with van der Waals surface area (Å²) < 4.78 is 21.9. The predicted molar refractivity (Wildman–Crippen MR) is 59.9 cm³/mol. The molecule has 0 heterocycles. The molecule has 0 aromatic rings. The molecule has 0 aliphatic rings. The molecule has 0 saturated carbocycles. The minimum Gasteiger partial charge on any atom is -0.306 e. The van der Waals surface area contributed by atoms with Crippen LogP contribution in [0.25, 0.3) is 0 Å². The van der Waals surface area contributed by atoms with Crippen molar-refractivity contribution in [2.45, 2.75) is 33.2 Å². The lowest BCUT2D eigenvalue weighted by Gasteiger charge is -2.14. The van der Waals surface area contributed by atoms with Crippen LogP contribution in [0.4, 0.5) is 0 Å². The van der Waals surface area contributed by atoms with Crippen LogP contribution in [0.2, 0.25) is 0 Å². The van der Waals surface area contributed by atoms with Crippen molar-refractivity contribution in [2.75, 3.05) is 13.2 Å². The number of hydrogen-bond donors (Lipinski definition) is 0. The molecule has 0 radical (unpaired) electrons. The second-order valence-electron chi connectivity index (χ2n) is 3.44. The maximum atomic E-state index is 11.9. The summed E-state index contributed by atoms with van der Waals surface area (Å²) in [5.41, 5.74) is -0.899. The Hall–Kier alpha value is -0.510. The van der Waals surface area contributed by atoms with Gasteiger partial charge in [-0.25, -0.2) is 0 Å². The van der Waals surface area contributed by atoms with E-state index in [0.717, 1.165) is 0 Å². The second-order valence-corrected chi connectivity index (χ2v) is 5.33. The second kappa shape index (κ2) is 6.16. The first-order valence-corrected chi connectivity index (χ1v) is 6.44. The van der Waals surface area contributed by atoms with Crippen LogP contribution in [-0.2, 0) is 13.6 Å². The van der Waals surface area contributed by atoms with Gasteiger partial charge in [0.2, 0.25) is 0 Å². The van der Waals surface area contributed by atoms with Crippen molar-refractivity contribution in [3.05, 3.63) is 16.8 Å². The van der Waals surface area contributed by atoms with Crippen molar-refractivity contribution in [3.8, 4) is 0 Å². The summed E-state index contributed by atoms with van der Waals surface area (Å²) in [6, 6.07) is 0. The summed E-state index contributed by atoms with van der Waals surface area (Å²) in [7, 11) is -3.21. The predicted octanol–water partition coefficient (Wildman–Crippen LogP) is 3.31. The molecule has 0 aromatic carbocycles. The molecule has 15 heavy (non-hydrogen) atoms. The van der Waals surface area contributed by atoms with Gasteiger partial charge in [-0.15, -0.1) is 4.91 Å². The number of rotatable bonds is 7. The van der Waals surface area contributed by atoms with E-state index in [0.29, 0.717) is 0 Å². The van der Waals surface area contributed by atoms with Crippen LogP contribution < -0.4 is 0 Å². The van der Waals surface area contributed by atoms with E-state index < -0.39 is 13.1 Å². The largest absolute Gasteiger partial charge is 0.353 e.